The first-order chi connectivity index (χ1) is 56.8. The van der Waals surface area contributed by atoms with E-state index in [4.69, 9.17) is 0 Å². The Morgan fingerprint density at radius 1 is 0.261 bits per heavy atom. The Hall–Kier alpha value is -10.6. The molecule has 0 spiro atoms. The van der Waals surface area contributed by atoms with E-state index in [1.807, 2.05) is 146 Å². The summed E-state index contributed by atoms with van der Waals surface area (Å²) >= 11 is 11.7. The van der Waals surface area contributed by atoms with E-state index in [9.17, 15) is 24.3 Å². The Balaban J connectivity index is 0.000000171. The van der Waals surface area contributed by atoms with Gasteiger partial charge < -0.3 is 10.4 Å². The Morgan fingerprint density at radius 2 is 0.479 bits per heavy atom. The number of nitrogens with zero attached hydrogens (tertiary/aromatic N) is 4. The molecular weight excluding hydrogens is 1680 g/mol. The summed E-state index contributed by atoms with van der Waals surface area (Å²) in [4.78, 5) is 125. The van der Waals surface area contributed by atoms with Crippen LogP contribution < -0.4 is 24.9 Å². The van der Waals surface area contributed by atoms with Crippen LogP contribution in [0, 0.1) is 0 Å². The molecule has 8 amide bonds. The molecule has 14 aromatic rings. The molecule has 4 heterocycles. The van der Waals surface area contributed by atoms with Crippen LogP contribution in [-0.4, -0.2) is 65.5 Å². The summed E-state index contributed by atoms with van der Waals surface area (Å²) in [6.45, 7) is 34.1. The number of amides is 8. The van der Waals surface area contributed by atoms with Crippen LogP contribution in [0.3, 0.4) is 0 Å². The van der Waals surface area contributed by atoms with E-state index in [-0.39, 0.29) is 101 Å². The third-order valence-corrected chi connectivity index (χ3v) is 27.1. The van der Waals surface area contributed by atoms with E-state index in [2.05, 4.69) is 164 Å². The fraction of sp³-hybridized carbons (Fsp3) is 0.294. The van der Waals surface area contributed by atoms with Crippen molar-refractivity contribution in [3.8, 4) is 0 Å². The summed E-state index contributed by atoms with van der Waals surface area (Å²) in [6, 6.07) is 46.7. The molecule has 0 atom stereocenters. The van der Waals surface area contributed by atoms with Gasteiger partial charge in [-0.3, -0.25) is 38.4 Å². The molecule has 602 valence electrons. The van der Waals surface area contributed by atoms with Crippen LogP contribution in [0.4, 0.5) is 28.4 Å². The smallest absolute Gasteiger partial charge is 0.266 e. The van der Waals surface area contributed by atoms with Crippen molar-refractivity contribution in [3.63, 3.8) is 0 Å². The molecule has 0 unspecified atom stereocenters. The number of aliphatic hydroxyl groups is 1. The zero-order chi connectivity index (χ0) is 84.6. The molecule has 0 radical (unpaired) electrons. The zero-order valence-electron chi connectivity index (χ0n) is 69.9. The molecule has 18 rings (SSSR count). The average molecular weight is 1770 g/mol. The van der Waals surface area contributed by atoms with Gasteiger partial charge in [0.2, 0.25) is 0 Å². The second kappa shape index (κ2) is 30.3. The number of halogens is 3. The van der Waals surface area contributed by atoms with Gasteiger partial charge in [-0.25, -0.2) is 19.6 Å². The van der Waals surface area contributed by atoms with Gasteiger partial charge in [-0.05, 0) is 175 Å². The number of hydrogen-bond donors (Lipinski definition) is 2. The molecule has 17 heteroatoms. The largest absolute Gasteiger partial charge is 0.396 e. The first-order valence-electron chi connectivity index (χ1n) is 41.8. The first-order valence-corrected chi connectivity index (χ1v) is 44.2. The molecule has 14 nitrogen and oxygen atoms in total. The number of benzene rings is 14. The van der Waals surface area contributed by atoms with Crippen molar-refractivity contribution in [1.82, 2.24) is 0 Å². The molecular formula is C102H94Br3N5O9. The first kappa shape index (κ1) is 80.8. The molecule has 0 fully saturated rings. The molecule has 4 aliphatic heterocycles. The van der Waals surface area contributed by atoms with Gasteiger partial charge in [0, 0.05) is 119 Å². The molecule has 14 aromatic carbocycles. The molecule has 119 heavy (non-hydrogen) atoms. The van der Waals surface area contributed by atoms with Gasteiger partial charge >= 0.3 is 0 Å². The summed E-state index contributed by atoms with van der Waals surface area (Å²) < 4.78 is 2.05. The van der Waals surface area contributed by atoms with Gasteiger partial charge in [-0.1, -0.05) is 268 Å². The van der Waals surface area contributed by atoms with Crippen molar-refractivity contribution >= 4 is 210 Å². The Bertz CT molecular complexity index is 6520. The van der Waals surface area contributed by atoms with Crippen molar-refractivity contribution in [1.29, 1.82) is 0 Å². The van der Waals surface area contributed by atoms with Crippen LogP contribution in [0.2, 0.25) is 0 Å². The van der Waals surface area contributed by atoms with E-state index in [1.54, 1.807) is 0 Å². The van der Waals surface area contributed by atoms with Gasteiger partial charge in [0.15, 0.2) is 0 Å². The number of para-hydroxylation sites is 4. The molecule has 0 aromatic heterocycles. The summed E-state index contributed by atoms with van der Waals surface area (Å²) in [6.07, 6.45) is 3.39. The van der Waals surface area contributed by atoms with Crippen LogP contribution in [0.5, 0.6) is 0 Å². The summed E-state index contributed by atoms with van der Waals surface area (Å²) in [5.74, 6) is -2.34. The highest BCUT2D eigenvalue weighted by atomic mass is 79.9. The van der Waals surface area contributed by atoms with E-state index in [1.165, 1.54) is 19.6 Å². The lowest BCUT2D eigenvalue weighted by molar-refractivity contribution is 0.0877. The minimum absolute atomic E-state index is 0.0585. The number of unbranched alkanes of at least 4 members (excludes halogenated alkanes) is 3. The standard InChI is InChI=1S/C54H54BrN3O5.C48H40Br2N2O4/c1-27(2)31-15-13-16-32(28(3)4)49(31)57-51(60)37-22-20-36-46-42(56-23-11-9-10-12-24-59)26-40-44-38(21-19-35(48(44)46)45-41(55)25-39(53(57)62)43(37)47(36)45)52(61)58(54(40)63)50-33(29(5)6)17-14-18-34(50)30(7)8;1-21(2)25-11-9-12-26(22(3)4)43(25)51-45(53)31-17-15-29-40-36(50)20-34-38-32(18-16-30(42(38)40)39-35(49)19-33(47(51)55)37(31)41(29)39)46(54)52(48(34)56)44-27(23(5)6)13-10-14-28(44)24(7)8/h13-22,25-30,56,59H,9-12,23-24H2,1-8H3;9-24H,1-8H3. The maximum absolute atomic E-state index is 15.2. The van der Waals surface area contributed by atoms with Gasteiger partial charge in [0.05, 0.1) is 45.0 Å². The normalized spacial score (nSPS) is 14.4. The van der Waals surface area contributed by atoms with Crippen molar-refractivity contribution in [2.24, 2.45) is 0 Å². The minimum Gasteiger partial charge on any atom is -0.396 e. The lowest BCUT2D eigenvalue weighted by Crippen LogP contribution is -2.42. The second-order valence-corrected chi connectivity index (χ2v) is 37.6. The number of hydrogen-bond acceptors (Lipinski definition) is 10. The number of rotatable bonds is 19. The highest BCUT2D eigenvalue weighted by Crippen LogP contribution is 2.56. The number of carbonyl (C=O) groups excluding carboxylic acids is 8. The lowest BCUT2D eigenvalue weighted by Gasteiger charge is -2.34. The maximum atomic E-state index is 15.2. The van der Waals surface area contributed by atoms with E-state index >= 15 is 19.2 Å². The van der Waals surface area contributed by atoms with Gasteiger partial charge in [0.25, 0.3) is 47.3 Å². The van der Waals surface area contributed by atoms with Crippen molar-refractivity contribution in [2.45, 2.75) is 184 Å². The Labute approximate surface area is 717 Å². The topological polar surface area (TPSA) is 182 Å². The third-order valence-electron chi connectivity index (χ3n) is 25.2. The number of imide groups is 4. The fourth-order valence-electron chi connectivity index (χ4n) is 19.6. The molecule has 0 bridgehead atoms. The predicted octanol–water partition coefficient (Wildman–Crippen LogP) is 26.9. The Kier molecular flexibility index (Phi) is 20.6. The number of nitrogens with one attached hydrogen (secondary N) is 1. The predicted molar refractivity (Wildman–Crippen MR) is 495 cm³/mol. The highest BCUT2D eigenvalue weighted by Gasteiger charge is 2.45. The monoisotopic (exact) mass is 1770 g/mol. The Morgan fingerprint density at radius 3 is 0.723 bits per heavy atom. The average Bonchev–Trinajstić information content (AvgIpc) is 0.682. The zero-order valence-corrected chi connectivity index (χ0v) is 74.6. The maximum Gasteiger partial charge on any atom is 0.266 e. The van der Waals surface area contributed by atoms with Gasteiger partial charge in [-0.15, -0.1) is 0 Å². The van der Waals surface area contributed by atoms with Crippen LogP contribution in [0.25, 0.3) is 86.2 Å². The summed E-state index contributed by atoms with van der Waals surface area (Å²) in [5.41, 5.74) is 14.5. The number of carbonyl (C=O) groups is 8. The van der Waals surface area contributed by atoms with Crippen LogP contribution >= 0.6 is 47.8 Å². The lowest BCUT2D eigenvalue weighted by atomic mass is 9.81. The van der Waals surface area contributed by atoms with Crippen molar-refractivity contribution in [3.05, 3.63) is 248 Å². The quantitative estimate of drug-likeness (QED) is 0.0342. The van der Waals surface area contributed by atoms with E-state index in [0.29, 0.717) is 109 Å². The van der Waals surface area contributed by atoms with E-state index < -0.39 is 0 Å². The summed E-state index contributed by atoms with van der Waals surface area (Å²) in [5, 5.41) is 25.2. The van der Waals surface area contributed by atoms with Gasteiger partial charge in [0.1, 0.15) is 0 Å². The molecule has 2 N–H and O–H groups in total. The number of aliphatic hydroxyl groups excluding tert-OH is 1. The number of anilines is 5. The van der Waals surface area contributed by atoms with Gasteiger partial charge in [-0.2, -0.15) is 0 Å². The van der Waals surface area contributed by atoms with Crippen molar-refractivity contribution < 1.29 is 43.5 Å². The van der Waals surface area contributed by atoms with E-state index in [0.717, 1.165) is 141 Å². The highest BCUT2D eigenvalue weighted by molar-refractivity contribution is 9.11. The minimum atomic E-state index is -0.372. The van der Waals surface area contributed by atoms with Crippen LogP contribution in [-0.2, 0) is 0 Å². The molecule has 4 aliphatic rings. The molecule has 0 aliphatic carbocycles. The fourth-order valence-corrected chi connectivity index (χ4v) is 21.6. The van der Waals surface area contributed by atoms with Crippen LogP contribution in [0.15, 0.2) is 159 Å². The number of fused-ring (bicyclic) bond motifs is 4. The third kappa shape index (κ3) is 12.2. The second-order valence-electron chi connectivity index (χ2n) is 35.1. The van der Waals surface area contributed by atoms with Crippen LogP contribution in [0.1, 0.15) is 311 Å². The SMILES string of the molecule is CC(C)c1cccc(C(C)C)c1N1C(=O)c2ccc3c4c(Br)cc5c6c(ccc(c7c(Br)cc(c2c37)C1=O)c64)C(=O)N(c1c(C(C)C)cccc1C(C)C)C5=O.CC(C)c1cccc(C(C)C)c1N1C(=O)c2ccc3c4c(NCCCCCCO)cc5c6c(ccc(c7c(Br)cc(c2c37)C1=O)c64)C(=O)N(c1c(C(C)C)cccc1C(C)C)C5=O. The molecule has 0 saturated heterocycles. The molecule has 0 saturated carbocycles. The summed E-state index contributed by atoms with van der Waals surface area (Å²) in [7, 11) is 0. The van der Waals surface area contributed by atoms with Crippen molar-refractivity contribution in [2.75, 3.05) is 38.1 Å².